The number of nitrogens with one attached hydrogen (secondary N) is 1. The van der Waals surface area contributed by atoms with E-state index in [0.717, 1.165) is 6.04 Å². The molecule has 0 saturated carbocycles. The van der Waals surface area contributed by atoms with E-state index in [1.165, 1.54) is 58.2 Å². The third kappa shape index (κ3) is 4.97. The van der Waals surface area contributed by atoms with Crippen molar-refractivity contribution in [1.82, 2.24) is 10.2 Å². The largest absolute Gasteiger partial charge is 0.310 e. The van der Waals surface area contributed by atoms with Crippen LogP contribution in [0.15, 0.2) is 0 Å². The van der Waals surface area contributed by atoms with Gasteiger partial charge in [-0.2, -0.15) is 0 Å². The normalized spacial score (nSPS) is 27.4. The van der Waals surface area contributed by atoms with E-state index >= 15 is 0 Å². The molecule has 1 fully saturated rings. The van der Waals surface area contributed by atoms with Crippen LogP contribution < -0.4 is 5.32 Å². The first kappa shape index (κ1) is 15.0. The molecule has 1 rings (SSSR count). The zero-order valence-electron chi connectivity index (χ0n) is 12.4. The molecule has 0 bridgehead atoms. The molecule has 0 aliphatic carbocycles. The van der Waals surface area contributed by atoms with Gasteiger partial charge in [-0.3, -0.25) is 4.90 Å². The van der Waals surface area contributed by atoms with Crippen molar-refractivity contribution in [1.29, 1.82) is 0 Å². The Hall–Kier alpha value is -0.0800. The highest BCUT2D eigenvalue weighted by atomic mass is 15.2. The maximum absolute atomic E-state index is 3.74. The van der Waals surface area contributed by atoms with E-state index in [1.807, 2.05) is 0 Å². The summed E-state index contributed by atoms with van der Waals surface area (Å²) >= 11 is 0. The monoisotopic (exact) mass is 240 g/mol. The Morgan fingerprint density at radius 1 is 1.29 bits per heavy atom. The molecule has 1 aliphatic heterocycles. The molecule has 17 heavy (non-hydrogen) atoms. The Kier molecular flexibility index (Phi) is 6.50. The fraction of sp³-hybridized carbons (Fsp3) is 1.00. The van der Waals surface area contributed by atoms with Crippen LogP contribution >= 0.6 is 0 Å². The predicted molar refractivity (Wildman–Crippen MR) is 76.5 cm³/mol. The van der Waals surface area contributed by atoms with Crippen molar-refractivity contribution in [2.45, 2.75) is 77.8 Å². The third-order valence-electron chi connectivity index (χ3n) is 4.27. The van der Waals surface area contributed by atoms with Crippen LogP contribution in [0.2, 0.25) is 0 Å². The number of rotatable bonds is 7. The maximum atomic E-state index is 3.74. The van der Waals surface area contributed by atoms with Crippen LogP contribution in [0.25, 0.3) is 0 Å². The summed E-state index contributed by atoms with van der Waals surface area (Å²) in [5.41, 5.74) is 0.357. The average Bonchev–Trinajstić information content (AvgIpc) is 2.34. The minimum Gasteiger partial charge on any atom is -0.310 e. The minimum absolute atomic E-state index is 0.357. The first-order valence-corrected chi connectivity index (χ1v) is 7.60. The van der Waals surface area contributed by atoms with Crippen LogP contribution in [0.5, 0.6) is 0 Å². The van der Waals surface area contributed by atoms with Gasteiger partial charge in [0.2, 0.25) is 0 Å². The molecule has 2 heteroatoms. The lowest BCUT2D eigenvalue weighted by atomic mass is 9.90. The summed E-state index contributed by atoms with van der Waals surface area (Å²) < 4.78 is 0. The molecule has 1 N–H and O–H groups in total. The van der Waals surface area contributed by atoms with Crippen LogP contribution in [0, 0.1) is 0 Å². The van der Waals surface area contributed by atoms with Gasteiger partial charge in [-0.25, -0.2) is 0 Å². The second kappa shape index (κ2) is 7.38. The van der Waals surface area contributed by atoms with Crippen molar-refractivity contribution in [2.24, 2.45) is 0 Å². The van der Waals surface area contributed by atoms with Gasteiger partial charge >= 0.3 is 0 Å². The molecular weight excluding hydrogens is 208 g/mol. The molecule has 2 nitrogen and oxygen atoms in total. The Labute approximate surface area is 108 Å². The second-order valence-electron chi connectivity index (χ2n) is 6.03. The molecule has 0 radical (unpaired) electrons. The molecular formula is C15H32N2. The first-order valence-electron chi connectivity index (χ1n) is 7.60. The second-order valence-corrected chi connectivity index (χ2v) is 6.03. The van der Waals surface area contributed by atoms with Gasteiger partial charge in [0.25, 0.3) is 0 Å². The van der Waals surface area contributed by atoms with Crippen LogP contribution in [0.1, 0.15) is 66.2 Å². The van der Waals surface area contributed by atoms with Crippen LogP contribution in [0.3, 0.4) is 0 Å². The standard InChI is InChI=1S/C15H32N2/c1-5-7-12-17(14(3)6-2)13-15(4)10-8-9-11-16-15/h14,16H,5-13H2,1-4H3. The SMILES string of the molecule is CCCCN(CC1(C)CCCCN1)C(C)CC. The summed E-state index contributed by atoms with van der Waals surface area (Å²) in [4.78, 5) is 2.70. The van der Waals surface area contributed by atoms with Crippen molar-refractivity contribution < 1.29 is 0 Å². The van der Waals surface area contributed by atoms with Crippen molar-refractivity contribution in [3.63, 3.8) is 0 Å². The van der Waals surface area contributed by atoms with Gasteiger partial charge in [-0.1, -0.05) is 26.7 Å². The van der Waals surface area contributed by atoms with Crippen LogP contribution in [-0.2, 0) is 0 Å². The van der Waals surface area contributed by atoms with E-state index < -0.39 is 0 Å². The summed E-state index contributed by atoms with van der Waals surface area (Å²) in [7, 11) is 0. The Bertz CT molecular complexity index is 197. The lowest BCUT2D eigenvalue weighted by molar-refractivity contribution is 0.125. The first-order chi connectivity index (χ1) is 8.11. The van der Waals surface area contributed by atoms with E-state index in [-0.39, 0.29) is 0 Å². The Balaban J connectivity index is 2.50. The van der Waals surface area contributed by atoms with E-state index in [0.29, 0.717) is 5.54 Å². The van der Waals surface area contributed by atoms with Gasteiger partial charge in [0.15, 0.2) is 0 Å². The zero-order valence-corrected chi connectivity index (χ0v) is 12.4. The van der Waals surface area contributed by atoms with Crippen LogP contribution in [-0.4, -0.2) is 36.1 Å². The van der Waals surface area contributed by atoms with Gasteiger partial charge in [0, 0.05) is 18.1 Å². The van der Waals surface area contributed by atoms with Gasteiger partial charge < -0.3 is 5.32 Å². The number of unbranched alkanes of at least 4 members (excludes halogenated alkanes) is 1. The molecule has 102 valence electrons. The molecule has 0 aromatic carbocycles. The molecule has 0 spiro atoms. The Morgan fingerprint density at radius 2 is 2.06 bits per heavy atom. The van der Waals surface area contributed by atoms with Crippen molar-refractivity contribution in [3.05, 3.63) is 0 Å². The van der Waals surface area contributed by atoms with Crippen LogP contribution in [0.4, 0.5) is 0 Å². The molecule has 1 aliphatic rings. The maximum Gasteiger partial charge on any atom is 0.0280 e. The number of hydrogen-bond donors (Lipinski definition) is 1. The number of hydrogen-bond acceptors (Lipinski definition) is 2. The fourth-order valence-corrected chi connectivity index (χ4v) is 2.78. The number of nitrogens with zero attached hydrogens (tertiary/aromatic N) is 1. The molecule has 1 heterocycles. The van der Waals surface area contributed by atoms with E-state index in [9.17, 15) is 0 Å². The predicted octanol–water partition coefficient (Wildman–Crippen LogP) is 3.42. The summed E-state index contributed by atoms with van der Waals surface area (Å²) in [6.45, 7) is 13.1. The smallest absolute Gasteiger partial charge is 0.0280 e. The lowest BCUT2D eigenvalue weighted by Crippen LogP contribution is -2.55. The molecule has 2 atom stereocenters. The number of piperidine rings is 1. The van der Waals surface area contributed by atoms with E-state index in [4.69, 9.17) is 0 Å². The van der Waals surface area contributed by atoms with Crippen molar-refractivity contribution in [2.75, 3.05) is 19.6 Å². The van der Waals surface area contributed by atoms with Gasteiger partial charge in [-0.15, -0.1) is 0 Å². The highest BCUT2D eigenvalue weighted by Crippen LogP contribution is 2.21. The molecule has 2 unspecified atom stereocenters. The summed E-state index contributed by atoms with van der Waals surface area (Å²) in [5.74, 6) is 0. The third-order valence-corrected chi connectivity index (χ3v) is 4.27. The summed E-state index contributed by atoms with van der Waals surface area (Å²) in [6, 6.07) is 0.724. The van der Waals surface area contributed by atoms with E-state index in [2.05, 4.69) is 37.9 Å². The summed E-state index contributed by atoms with van der Waals surface area (Å²) in [6.07, 6.45) is 7.99. The topological polar surface area (TPSA) is 15.3 Å². The molecule has 0 aromatic heterocycles. The van der Waals surface area contributed by atoms with Gasteiger partial charge in [0.1, 0.15) is 0 Å². The minimum atomic E-state index is 0.357. The van der Waals surface area contributed by atoms with E-state index in [1.54, 1.807) is 0 Å². The van der Waals surface area contributed by atoms with Crippen molar-refractivity contribution >= 4 is 0 Å². The van der Waals surface area contributed by atoms with Crippen molar-refractivity contribution in [3.8, 4) is 0 Å². The quantitative estimate of drug-likeness (QED) is 0.733. The fourth-order valence-electron chi connectivity index (χ4n) is 2.78. The molecule has 0 amide bonds. The Morgan fingerprint density at radius 3 is 2.59 bits per heavy atom. The molecule has 1 saturated heterocycles. The zero-order chi connectivity index (χ0) is 12.7. The average molecular weight is 240 g/mol. The molecule has 0 aromatic rings. The van der Waals surface area contributed by atoms with Gasteiger partial charge in [0.05, 0.1) is 0 Å². The summed E-state index contributed by atoms with van der Waals surface area (Å²) in [5, 5.41) is 3.74. The lowest BCUT2D eigenvalue weighted by Gasteiger charge is -2.41. The highest BCUT2D eigenvalue weighted by molar-refractivity contribution is 4.90. The highest BCUT2D eigenvalue weighted by Gasteiger charge is 2.29. The van der Waals surface area contributed by atoms with Gasteiger partial charge in [-0.05, 0) is 52.6 Å².